The second-order valence-corrected chi connectivity index (χ2v) is 4.83. The number of nitrogens with one attached hydrogen (secondary N) is 1. The third kappa shape index (κ3) is 3.00. The molecule has 2 rings (SSSR count). The summed E-state index contributed by atoms with van der Waals surface area (Å²) in [6.45, 7) is 2.19. The van der Waals surface area contributed by atoms with Gasteiger partial charge < -0.3 is 5.32 Å². The Morgan fingerprint density at radius 2 is 1.94 bits per heavy atom. The van der Waals surface area contributed by atoms with E-state index in [1.807, 2.05) is 0 Å². The van der Waals surface area contributed by atoms with E-state index in [1.54, 1.807) is 0 Å². The molecule has 17 heavy (non-hydrogen) atoms. The first-order valence-corrected chi connectivity index (χ1v) is 6.57. The molecule has 0 aliphatic heterocycles. The van der Waals surface area contributed by atoms with Gasteiger partial charge in [0.25, 0.3) is 0 Å². The van der Waals surface area contributed by atoms with Crippen LogP contribution in [0.2, 0.25) is 0 Å². The van der Waals surface area contributed by atoms with Crippen LogP contribution in [0, 0.1) is 17.2 Å². The maximum Gasteiger partial charge on any atom is 0.0655 e. The fourth-order valence-electron chi connectivity index (χ4n) is 2.56. The Morgan fingerprint density at radius 3 is 2.59 bits per heavy atom. The Morgan fingerprint density at radius 1 is 1.24 bits per heavy atom. The van der Waals surface area contributed by atoms with E-state index in [4.69, 9.17) is 5.26 Å². The lowest BCUT2D eigenvalue weighted by atomic mass is 9.87. The van der Waals surface area contributed by atoms with Crippen molar-refractivity contribution in [2.24, 2.45) is 5.92 Å². The van der Waals surface area contributed by atoms with Crippen LogP contribution in [0.3, 0.4) is 0 Å². The summed E-state index contributed by atoms with van der Waals surface area (Å²) in [6.07, 6.45) is 5.40. The average Bonchev–Trinajstić information content (AvgIpc) is 2.40. The van der Waals surface area contributed by atoms with Crippen LogP contribution in [0.15, 0.2) is 24.3 Å². The lowest BCUT2D eigenvalue weighted by Crippen LogP contribution is -2.26. The molecule has 0 unspecified atom stereocenters. The van der Waals surface area contributed by atoms with Gasteiger partial charge in [-0.2, -0.15) is 5.26 Å². The van der Waals surface area contributed by atoms with E-state index in [2.05, 4.69) is 42.6 Å². The maximum absolute atomic E-state index is 8.88. The number of benzene rings is 1. The van der Waals surface area contributed by atoms with Crippen molar-refractivity contribution in [1.29, 1.82) is 5.26 Å². The van der Waals surface area contributed by atoms with Crippen molar-refractivity contribution < 1.29 is 0 Å². The molecule has 0 saturated heterocycles. The molecule has 0 heterocycles. The number of rotatable bonds is 3. The molecule has 0 spiro atoms. The van der Waals surface area contributed by atoms with Gasteiger partial charge in [0, 0.05) is 17.6 Å². The molecule has 2 nitrogen and oxygen atoms in total. The molecule has 0 atom stereocenters. The first-order chi connectivity index (χ1) is 8.33. The summed E-state index contributed by atoms with van der Waals surface area (Å²) in [5.74, 6) is 0.287. The second-order valence-electron chi connectivity index (χ2n) is 4.83. The van der Waals surface area contributed by atoms with E-state index in [-0.39, 0.29) is 5.92 Å². The zero-order valence-electron chi connectivity index (χ0n) is 10.4. The summed E-state index contributed by atoms with van der Waals surface area (Å²) in [6, 6.07) is 11.5. The van der Waals surface area contributed by atoms with Gasteiger partial charge in [0.05, 0.1) is 6.07 Å². The van der Waals surface area contributed by atoms with Crippen LogP contribution in [-0.2, 0) is 6.42 Å². The number of hydrogen-bond acceptors (Lipinski definition) is 2. The number of aryl methyl sites for hydroxylation is 1. The number of nitriles is 1. The Balaban J connectivity index is 1.96. The predicted molar refractivity (Wildman–Crippen MR) is 70.8 cm³/mol. The average molecular weight is 228 g/mol. The Labute approximate surface area is 104 Å². The van der Waals surface area contributed by atoms with Gasteiger partial charge in [0.1, 0.15) is 0 Å². The van der Waals surface area contributed by atoms with Gasteiger partial charge in [-0.3, -0.25) is 0 Å². The minimum atomic E-state index is 0.287. The van der Waals surface area contributed by atoms with Crippen LogP contribution in [0.4, 0.5) is 5.69 Å². The molecule has 2 heteroatoms. The third-order valence-corrected chi connectivity index (χ3v) is 3.67. The summed E-state index contributed by atoms with van der Waals surface area (Å²) in [5, 5.41) is 12.5. The molecular formula is C15H20N2. The Bertz CT molecular complexity index is 398. The molecule has 1 fully saturated rings. The van der Waals surface area contributed by atoms with E-state index in [0.717, 1.165) is 32.1 Å². The number of anilines is 1. The molecule has 1 N–H and O–H groups in total. The van der Waals surface area contributed by atoms with E-state index in [0.29, 0.717) is 6.04 Å². The molecule has 1 aliphatic rings. The SMILES string of the molecule is CCc1ccccc1NC1CCC(C#N)CC1. The fraction of sp³-hybridized carbons (Fsp3) is 0.533. The second kappa shape index (κ2) is 5.72. The monoisotopic (exact) mass is 228 g/mol. The van der Waals surface area contributed by atoms with Crippen LogP contribution < -0.4 is 5.32 Å². The van der Waals surface area contributed by atoms with Gasteiger partial charge in [-0.1, -0.05) is 25.1 Å². The topological polar surface area (TPSA) is 35.8 Å². The summed E-state index contributed by atoms with van der Waals surface area (Å²) >= 11 is 0. The highest BCUT2D eigenvalue weighted by atomic mass is 14.9. The van der Waals surface area contributed by atoms with Crippen LogP contribution in [-0.4, -0.2) is 6.04 Å². The van der Waals surface area contributed by atoms with Gasteiger partial charge in [0.2, 0.25) is 0 Å². The highest BCUT2D eigenvalue weighted by molar-refractivity contribution is 5.51. The highest BCUT2D eigenvalue weighted by Gasteiger charge is 2.20. The highest BCUT2D eigenvalue weighted by Crippen LogP contribution is 2.27. The first-order valence-electron chi connectivity index (χ1n) is 6.57. The van der Waals surface area contributed by atoms with Crippen molar-refractivity contribution in [2.75, 3.05) is 5.32 Å². The minimum absolute atomic E-state index is 0.287. The number of hydrogen-bond donors (Lipinski definition) is 1. The standard InChI is InChI=1S/C15H20N2/c1-2-13-5-3-4-6-15(13)17-14-9-7-12(11-16)8-10-14/h3-6,12,14,17H,2,7-10H2,1H3. The van der Waals surface area contributed by atoms with Gasteiger partial charge in [-0.25, -0.2) is 0 Å². The van der Waals surface area contributed by atoms with Gasteiger partial charge in [-0.15, -0.1) is 0 Å². The Hall–Kier alpha value is -1.49. The fourth-order valence-corrected chi connectivity index (χ4v) is 2.56. The van der Waals surface area contributed by atoms with Crippen molar-refractivity contribution in [3.8, 4) is 6.07 Å². The summed E-state index contributed by atoms with van der Waals surface area (Å²) in [7, 11) is 0. The minimum Gasteiger partial charge on any atom is -0.382 e. The van der Waals surface area contributed by atoms with Crippen molar-refractivity contribution in [3.05, 3.63) is 29.8 Å². The summed E-state index contributed by atoms with van der Waals surface area (Å²) in [5.41, 5.74) is 2.66. The molecule has 0 radical (unpaired) electrons. The number of nitrogens with zero attached hydrogens (tertiary/aromatic N) is 1. The molecule has 1 aromatic carbocycles. The summed E-state index contributed by atoms with van der Waals surface area (Å²) in [4.78, 5) is 0. The molecule has 0 bridgehead atoms. The van der Waals surface area contributed by atoms with Crippen molar-refractivity contribution in [3.63, 3.8) is 0 Å². The zero-order valence-corrected chi connectivity index (χ0v) is 10.4. The quantitative estimate of drug-likeness (QED) is 0.855. The van der Waals surface area contributed by atoms with Crippen LogP contribution in [0.5, 0.6) is 0 Å². The lowest BCUT2D eigenvalue weighted by molar-refractivity contribution is 0.397. The van der Waals surface area contributed by atoms with Gasteiger partial charge in [-0.05, 0) is 43.7 Å². The smallest absolute Gasteiger partial charge is 0.0655 e. The van der Waals surface area contributed by atoms with Crippen LogP contribution >= 0.6 is 0 Å². The van der Waals surface area contributed by atoms with Gasteiger partial charge >= 0.3 is 0 Å². The molecule has 1 aromatic rings. The van der Waals surface area contributed by atoms with E-state index < -0.39 is 0 Å². The Kier molecular flexibility index (Phi) is 4.03. The zero-order chi connectivity index (χ0) is 12.1. The number of para-hydroxylation sites is 1. The normalized spacial score (nSPS) is 24.0. The molecule has 0 amide bonds. The van der Waals surface area contributed by atoms with Crippen molar-refractivity contribution in [1.82, 2.24) is 0 Å². The van der Waals surface area contributed by atoms with Gasteiger partial charge in [0.15, 0.2) is 0 Å². The third-order valence-electron chi connectivity index (χ3n) is 3.67. The molecule has 0 aromatic heterocycles. The van der Waals surface area contributed by atoms with Crippen LogP contribution in [0.1, 0.15) is 38.2 Å². The molecule has 1 saturated carbocycles. The lowest BCUT2D eigenvalue weighted by Gasteiger charge is -2.27. The predicted octanol–water partition coefficient (Wildman–Crippen LogP) is 3.74. The molecule has 90 valence electrons. The van der Waals surface area contributed by atoms with Crippen molar-refractivity contribution >= 4 is 5.69 Å². The molecular weight excluding hydrogens is 208 g/mol. The summed E-state index contributed by atoms with van der Waals surface area (Å²) < 4.78 is 0. The van der Waals surface area contributed by atoms with Crippen LogP contribution in [0.25, 0.3) is 0 Å². The largest absolute Gasteiger partial charge is 0.382 e. The maximum atomic E-state index is 8.88. The van der Waals surface area contributed by atoms with Crippen molar-refractivity contribution in [2.45, 2.75) is 45.1 Å². The van der Waals surface area contributed by atoms with E-state index in [1.165, 1.54) is 11.3 Å². The molecule has 1 aliphatic carbocycles. The van der Waals surface area contributed by atoms with E-state index >= 15 is 0 Å². The van der Waals surface area contributed by atoms with E-state index in [9.17, 15) is 0 Å². The first kappa shape index (κ1) is 12.0.